The SMILES string of the molecule is CCCOc1ccccc1OC(CN)c1ccc(Cl)cc1. The highest BCUT2D eigenvalue weighted by atomic mass is 35.5. The summed E-state index contributed by atoms with van der Waals surface area (Å²) < 4.78 is 11.7. The molecule has 0 aromatic heterocycles. The van der Waals surface area contributed by atoms with Gasteiger partial charge in [-0.15, -0.1) is 0 Å². The van der Waals surface area contributed by atoms with E-state index in [1.807, 2.05) is 48.5 Å². The molecule has 0 spiro atoms. The summed E-state index contributed by atoms with van der Waals surface area (Å²) in [7, 11) is 0. The molecule has 112 valence electrons. The molecule has 0 fully saturated rings. The highest BCUT2D eigenvalue weighted by Crippen LogP contribution is 2.31. The molecular weight excluding hydrogens is 286 g/mol. The molecule has 0 saturated carbocycles. The van der Waals surface area contributed by atoms with Crippen LogP contribution in [0.3, 0.4) is 0 Å². The predicted molar refractivity (Wildman–Crippen MR) is 86.1 cm³/mol. The Hall–Kier alpha value is -1.71. The summed E-state index contributed by atoms with van der Waals surface area (Å²) in [6.45, 7) is 3.11. The molecular formula is C17H20ClNO2. The van der Waals surface area contributed by atoms with E-state index in [-0.39, 0.29) is 6.10 Å². The quantitative estimate of drug-likeness (QED) is 0.833. The van der Waals surface area contributed by atoms with Crippen molar-refractivity contribution >= 4 is 11.6 Å². The molecule has 4 heteroatoms. The fraction of sp³-hybridized carbons (Fsp3) is 0.294. The van der Waals surface area contributed by atoms with E-state index in [0.29, 0.717) is 23.9 Å². The van der Waals surface area contributed by atoms with E-state index in [4.69, 9.17) is 26.8 Å². The Balaban J connectivity index is 2.16. The Labute approximate surface area is 130 Å². The maximum Gasteiger partial charge on any atom is 0.162 e. The fourth-order valence-electron chi connectivity index (χ4n) is 1.96. The van der Waals surface area contributed by atoms with Gasteiger partial charge in [0.25, 0.3) is 0 Å². The molecule has 0 aliphatic carbocycles. The van der Waals surface area contributed by atoms with Crippen LogP contribution in [0.4, 0.5) is 0 Å². The normalized spacial score (nSPS) is 12.0. The van der Waals surface area contributed by atoms with Gasteiger partial charge in [-0.2, -0.15) is 0 Å². The zero-order valence-electron chi connectivity index (χ0n) is 12.1. The molecule has 0 radical (unpaired) electrons. The first-order valence-electron chi connectivity index (χ1n) is 7.08. The molecule has 1 atom stereocenters. The Kier molecular flexibility index (Phi) is 5.90. The number of nitrogens with two attached hydrogens (primary N) is 1. The summed E-state index contributed by atoms with van der Waals surface area (Å²) in [6, 6.07) is 15.2. The minimum Gasteiger partial charge on any atom is -0.490 e. The van der Waals surface area contributed by atoms with Gasteiger partial charge in [-0.1, -0.05) is 42.8 Å². The molecule has 0 saturated heterocycles. The van der Waals surface area contributed by atoms with Crippen molar-refractivity contribution in [1.82, 2.24) is 0 Å². The van der Waals surface area contributed by atoms with Crippen molar-refractivity contribution in [2.75, 3.05) is 13.2 Å². The lowest BCUT2D eigenvalue weighted by Gasteiger charge is -2.20. The van der Waals surface area contributed by atoms with Crippen molar-refractivity contribution in [1.29, 1.82) is 0 Å². The van der Waals surface area contributed by atoms with Gasteiger partial charge in [-0.3, -0.25) is 0 Å². The zero-order valence-corrected chi connectivity index (χ0v) is 12.8. The minimum atomic E-state index is -0.228. The van der Waals surface area contributed by atoms with Crippen LogP contribution in [0.5, 0.6) is 11.5 Å². The molecule has 1 unspecified atom stereocenters. The smallest absolute Gasteiger partial charge is 0.162 e. The van der Waals surface area contributed by atoms with Crippen LogP contribution in [0, 0.1) is 0 Å². The summed E-state index contributed by atoms with van der Waals surface area (Å²) in [6.07, 6.45) is 0.722. The van der Waals surface area contributed by atoms with E-state index in [1.54, 1.807) is 0 Å². The number of hydrogen-bond acceptors (Lipinski definition) is 3. The first-order valence-corrected chi connectivity index (χ1v) is 7.46. The molecule has 2 aromatic carbocycles. The average Bonchev–Trinajstić information content (AvgIpc) is 2.52. The van der Waals surface area contributed by atoms with Crippen LogP contribution in [-0.2, 0) is 0 Å². The van der Waals surface area contributed by atoms with Crippen molar-refractivity contribution in [2.24, 2.45) is 5.73 Å². The molecule has 3 nitrogen and oxygen atoms in total. The maximum atomic E-state index is 6.02. The van der Waals surface area contributed by atoms with Gasteiger partial charge in [0.15, 0.2) is 11.5 Å². The van der Waals surface area contributed by atoms with Crippen molar-refractivity contribution < 1.29 is 9.47 Å². The van der Waals surface area contributed by atoms with Crippen molar-refractivity contribution in [3.8, 4) is 11.5 Å². The van der Waals surface area contributed by atoms with Gasteiger partial charge >= 0.3 is 0 Å². The van der Waals surface area contributed by atoms with Crippen LogP contribution in [0.1, 0.15) is 25.0 Å². The monoisotopic (exact) mass is 305 g/mol. The summed E-state index contributed by atoms with van der Waals surface area (Å²) in [5.74, 6) is 1.45. The average molecular weight is 306 g/mol. The minimum absolute atomic E-state index is 0.228. The second-order valence-electron chi connectivity index (χ2n) is 4.69. The predicted octanol–water partition coefficient (Wildman–Crippen LogP) is 4.21. The molecule has 2 rings (SSSR count). The molecule has 0 amide bonds. The first kappa shape index (κ1) is 15.7. The molecule has 0 heterocycles. The van der Waals surface area contributed by atoms with Gasteiger partial charge in [-0.25, -0.2) is 0 Å². The van der Waals surface area contributed by atoms with E-state index >= 15 is 0 Å². The highest BCUT2D eigenvalue weighted by molar-refractivity contribution is 6.30. The Morgan fingerprint density at radius 2 is 1.71 bits per heavy atom. The van der Waals surface area contributed by atoms with Crippen molar-refractivity contribution in [3.05, 3.63) is 59.1 Å². The molecule has 0 aliphatic heterocycles. The van der Waals surface area contributed by atoms with Crippen molar-refractivity contribution in [2.45, 2.75) is 19.4 Å². The number of para-hydroxylation sites is 2. The van der Waals surface area contributed by atoms with Crippen molar-refractivity contribution in [3.63, 3.8) is 0 Å². The fourth-order valence-corrected chi connectivity index (χ4v) is 2.09. The largest absolute Gasteiger partial charge is 0.490 e. The van der Waals surface area contributed by atoms with Gasteiger partial charge in [0, 0.05) is 11.6 Å². The Morgan fingerprint density at radius 1 is 1.05 bits per heavy atom. The summed E-state index contributed by atoms with van der Waals surface area (Å²) in [4.78, 5) is 0. The van der Waals surface area contributed by atoms with Crippen LogP contribution in [0.15, 0.2) is 48.5 Å². The second-order valence-corrected chi connectivity index (χ2v) is 5.13. The van der Waals surface area contributed by atoms with Gasteiger partial charge in [0.2, 0.25) is 0 Å². The number of halogens is 1. The third-order valence-electron chi connectivity index (χ3n) is 3.04. The lowest BCUT2D eigenvalue weighted by molar-refractivity contribution is 0.198. The molecule has 21 heavy (non-hydrogen) atoms. The lowest BCUT2D eigenvalue weighted by Crippen LogP contribution is -2.18. The van der Waals surface area contributed by atoms with E-state index in [0.717, 1.165) is 17.7 Å². The van der Waals surface area contributed by atoms with Crippen LogP contribution < -0.4 is 15.2 Å². The molecule has 2 N–H and O–H groups in total. The number of hydrogen-bond donors (Lipinski definition) is 1. The van der Waals surface area contributed by atoms with E-state index in [1.165, 1.54) is 0 Å². The van der Waals surface area contributed by atoms with E-state index < -0.39 is 0 Å². The van der Waals surface area contributed by atoms with E-state index in [2.05, 4.69) is 6.92 Å². The van der Waals surface area contributed by atoms with Gasteiger partial charge in [-0.05, 0) is 36.2 Å². The van der Waals surface area contributed by atoms with Crippen LogP contribution >= 0.6 is 11.6 Å². The zero-order chi connectivity index (χ0) is 15.1. The first-order chi connectivity index (χ1) is 10.2. The molecule has 0 bridgehead atoms. The molecule has 0 aliphatic rings. The van der Waals surface area contributed by atoms with E-state index in [9.17, 15) is 0 Å². The third kappa shape index (κ3) is 4.38. The lowest BCUT2D eigenvalue weighted by atomic mass is 10.1. The van der Waals surface area contributed by atoms with Crippen LogP contribution in [-0.4, -0.2) is 13.2 Å². The van der Waals surface area contributed by atoms with Gasteiger partial charge < -0.3 is 15.2 Å². The number of rotatable bonds is 7. The standard InChI is InChI=1S/C17H20ClNO2/c1-2-11-20-15-5-3-4-6-16(15)21-17(12-19)13-7-9-14(18)10-8-13/h3-10,17H,2,11-12,19H2,1H3. The number of benzene rings is 2. The van der Waals surface area contributed by atoms with Gasteiger partial charge in [0.1, 0.15) is 6.10 Å². The topological polar surface area (TPSA) is 44.5 Å². The Bertz CT molecular complexity index is 557. The maximum absolute atomic E-state index is 6.02. The van der Waals surface area contributed by atoms with Crippen LogP contribution in [0.25, 0.3) is 0 Å². The summed E-state index contributed by atoms with van der Waals surface area (Å²) in [5, 5.41) is 0.696. The highest BCUT2D eigenvalue weighted by Gasteiger charge is 2.14. The summed E-state index contributed by atoms with van der Waals surface area (Å²) in [5.41, 5.74) is 6.83. The molecule has 2 aromatic rings. The number of ether oxygens (including phenoxy) is 2. The second kappa shape index (κ2) is 7.91. The summed E-state index contributed by atoms with van der Waals surface area (Å²) >= 11 is 5.91. The van der Waals surface area contributed by atoms with Gasteiger partial charge in [0.05, 0.1) is 6.61 Å². The third-order valence-corrected chi connectivity index (χ3v) is 3.29. The Morgan fingerprint density at radius 3 is 2.33 bits per heavy atom. The van der Waals surface area contributed by atoms with Crippen LogP contribution in [0.2, 0.25) is 5.02 Å².